The number of carbonyl (C=O) groups excluding carboxylic acids is 3. The van der Waals surface area contributed by atoms with E-state index in [0.717, 1.165) is 154 Å². The molecular formula is C77H114O6. The van der Waals surface area contributed by atoms with E-state index < -0.39 is 12.1 Å². The Morgan fingerprint density at radius 3 is 0.771 bits per heavy atom. The molecule has 0 bridgehead atoms. The van der Waals surface area contributed by atoms with Crippen LogP contribution in [0, 0.1) is 0 Å². The zero-order valence-electron chi connectivity index (χ0n) is 52.4. The summed E-state index contributed by atoms with van der Waals surface area (Å²) in [6.45, 7) is 6.15. The lowest BCUT2D eigenvalue weighted by Gasteiger charge is -2.18. The minimum Gasteiger partial charge on any atom is -0.462 e. The number of allylic oxidation sites excluding steroid dienone is 36. The minimum absolute atomic E-state index is 0.145. The van der Waals surface area contributed by atoms with Crippen molar-refractivity contribution in [3.05, 3.63) is 219 Å². The highest BCUT2D eigenvalue weighted by Gasteiger charge is 2.19. The predicted molar refractivity (Wildman–Crippen MR) is 361 cm³/mol. The molecule has 6 heteroatoms. The van der Waals surface area contributed by atoms with Crippen molar-refractivity contribution in [2.24, 2.45) is 0 Å². The van der Waals surface area contributed by atoms with Gasteiger partial charge >= 0.3 is 17.9 Å². The van der Waals surface area contributed by atoms with Crippen LogP contribution in [0.5, 0.6) is 0 Å². The minimum atomic E-state index is -0.863. The van der Waals surface area contributed by atoms with Gasteiger partial charge in [0.25, 0.3) is 0 Å². The summed E-state index contributed by atoms with van der Waals surface area (Å²) in [6.07, 6.45) is 107. The van der Waals surface area contributed by atoms with Crippen LogP contribution in [0.25, 0.3) is 0 Å². The summed E-state index contributed by atoms with van der Waals surface area (Å²) in [7, 11) is 0. The molecule has 0 aliphatic heterocycles. The Morgan fingerprint density at radius 2 is 0.470 bits per heavy atom. The van der Waals surface area contributed by atoms with E-state index in [0.29, 0.717) is 19.3 Å². The lowest BCUT2D eigenvalue weighted by molar-refractivity contribution is -0.166. The van der Waals surface area contributed by atoms with E-state index >= 15 is 0 Å². The van der Waals surface area contributed by atoms with E-state index in [2.05, 4.69) is 227 Å². The highest BCUT2D eigenvalue weighted by Crippen LogP contribution is 2.12. The predicted octanol–water partition coefficient (Wildman–Crippen LogP) is 22.5. The lowest BCUT2D eigenvalue weighted by atomic mass is 10.1. The summed E-state index contributed by atoms with van der Waals surface area (Å²) >= 11 is 0. The second-order valence-electron chi connectivity index (χ2n) is 20.2. The van der Waals surface area contributed by atoms with Crippen LogP contribution in [0.3, 0.4) is 0 Å². The second-order valence-corrected chi connectivity index (χ2v) is 20.2. The quantitative estimate of drug-likeness (QED) is 0.0261. The molecule has 0 aromatic rings. The number of carbonyl (C=O) groups is 3. The highest BCUT2D eigenvalue weighted by atomic mass is 16.6. The third kappa shape index (κ3) is 66.4. The van der Waals surface area contributed by atoms with Crippen LogP contribution >= 0.6 is 0 Å². The van der Waals surface area contributed by atoms with Gasteiger partial charge in [0.2, 0.25) is 0 Å². The molecule has 0 saturated heterocycles. The van der Waals surface area contributed by atoms with Gasteiger partial charge in [0.05, 0.1) is 0 Å². The van der Waals surface area contributed by atoms with Crippen LogP contribution in [0.1, 0.15) is 226 Å². The molecule has 0 heterocycles. The van der Waals surface area contributed by atoms with Gasteiger partial charge in [0.1, 0.15) is 13.2 Å². The summed E-state index contributed by atoms with van der Waals surface area (Å²) in [5, 5.41) is 0. The third-order valence-electron chi connectivity index (χ3n) is 12.5. The molecule has 0 rings (SSSR count). The normalized spacial score (nSPS) is 13.6. The molecule has 0 aliphatic carbocycles. The molecular weight excluding hydrogens is 1020 g/mol. The summed E-state index contributed by atoms with van der Waals surface area (Å²) in [5.41, 5.74) is 0. The SMILES string of the molecule is CC/C=C\C/C=C\C/C=C\C/C=C\C/C=C\C/C=C\C/C=C\CCCCCCCCCC(=O)OCC(COC(=O)CCC/C=C\C/C=C\C/C=C\C/C=C\C/C=C\CC)OC(=O)CC/C=C\C/C=C\C/C=C\C/C=C\C/C=C\C/C=C\CC. The number of rotatable bonds is 55. The van der Waals surface area contributed by atoms with Gasteiger partial charge in [-0.3, -0.25) is 14.4 Å². The van der Waals surface area contributed by atoms with Gasteiger partial charge < -0.3 is 14.2 Å². The molecule has 0 aromatic heterocycles. The summed E-state index contributed by atoms with van der Waals surface area (Å²) < 4.78 is 16.8. The smallest absolute Gasteiger partial charge is 0.306 e. The number of ether oxygens (including phenoxy) is 3. The van der Waals surface area contributed by atoms with Crippen molar-refractivity contribution in [1.82, 2.24) is 0 Å². The molecule has 0 fully saturated rings. The van der Waals surface area contributed by atoms with Crippen LogP contribution in [0.2, 0.25) is 0 Å². The van der Waals surface area contributed by atoms with E-state index in [9.17, 15) is 14.4 Å². The number of unbranched alkanes of at least 4 members (excludes halogenated alkanes) is 8. The van der Waals surface area contributed by atoms with Gasteiger partial charge in [0, 0.05) is 19.3 Å². The summed E-state index contributed by atoms with van der Waals surface area (Å²) in [6, 6.07) is 0. The molecule has 83 heavy (non-hydrogen) atoms. The molecule has 1 atom stereocenters. The molecule has 0 aliphatic rings. The van der Waals surface area contributed by atoms with Crippen molar-refractivity contribution in [2.45, 2.75) is 232 Å². The standard InChI is InChI=1S/C77H114O6/c1-4-7-10-13-16-19-22-25-28-31-33-34-35-36-37-38-39-40-41-42-44-46-49-52-55-58-61-64-67-70-76(79)82-73-74(72-81-75(78)69-66-63-60-57-54-51-48-45-30-27-24-21-18-15-12-9-6-3)83-77(80)71-68-65-62-59-56-53-50-47-43-32-29-26-23-20-17-14-11-8-5-2/h7-12,16-21,25-30,33-34,36-37,39-40,42-44,47-48,51,53,56-57,60,62,65,74H,4-6,13-15,22-24,31-32,35,38,41,45-46,49-50,52,54-55,58-59,61,63-64,66-73H2,1-3H3/b10-7-,11-8-,12-9-,19-16-,20-17-,21-18-,28-25-,29-26-,30-27-,34-33-,37-36-,40-39-,44-42-,47-43-,51-48-,56-53-,60-57-,65-62-. The zero-order chi connectivity index (χ0) is 59.9. The van der Waals surface area contributed by atoms with E-state index in [1.165, 1.54) is 19.3 Å². The fourth-order valence-electron chi connectivity index (χ4n) is 7.78. The first-order valence-corrected chi connectivity index (χ1v) is 32.2. The van der Waals surface area contributed by atoms with E-state index in [4.69, 9.17) is 14.2 Å². The molecule has 0 aromatic carbocycles. The largest absolute Gasteiger partial charge is 0.462 e. The van der Waals surface area contributed by atoms with Crippen molar-refractivity contribution in [3.8, 4) is 0 Å². The van der Waals surface area contributed by atoms with Gasteiger partial charge in [-0.2, -0.15) is 0 Å². The van der Waals surface area contributed by atoms with E-state index in [-0.39, 0.29) is 38.0 Å². The van der Waals surface area contributed by atoms with E-state index in [1.54, 1.807) is 0 Å². The second kappa shape index (κ2) is 68.2. The number of esters is 3. The zero-order valence-corrected chi connectivity index (χ0v) is 52.4. The Bertz CT molecular complexity index is 2080. The summed E-state index contributed by atoms with van der Waals surface area (Å²) in [5.74, 6) is -1.11. The Balaban J connectivity index is 4.57. The van der Waals surface area contributed by atoms with Crippen LogP contribution in [0.4, 0.5) is 0 Å². The first kappa shape index (κ1) is 76.7. The number of hydrogen-bond acceptors (Lipinski definition) is 6. The fourth-order valence-corrected chi connectivity index (χ4v) is 7.78. The van der Waals surface area contributed by atoms with Crippen molar-refractivity contribution >= 4 is 17.9 Å². The van der Waals surface area contributed by atoms with Crippen molar-refractivity contribution in [2.75, 3.05) is 13.2 Å². The third-order valence-corrected chi connectivity index (χ3v) is 12.5. The van der Waals surface area contributed by atoms with E-state index in [1.807, 2.05) is 12.2 Å². The van der Waals surface area contributed by atoms with Crippen LogP contribution < -0.4 is 0 Å². The average molecular weight is 1140 g/mol. The Morgan fingerprint density at radius 1 is 0.241 bits per heavy atom. The molecule has 0 amide bonds. The van der Waals surface area contributed by atoms with Crippen molar-refractivity contribution in [3.63, 3.8) is 0 Å². The Labute approximate surface area is 508 Å². The molecule has 0 N–H and O–H groups in total. The molecule has 0 spiro atoms. The number of hydrogen-bond donors (Lipinski definition) is 0. The first-order chi connectivity index (χ1) is 41.0. The molecule has 6 nitrogen and oxygen atoms in total. The van der Waals surface area contributed by atoms with Gasteiger partial charge in [-0.15, -0.1) is 0 Å². The monoisotopic (exact) mass is 1130 g/mol. The average Bonchev–Trinajstić information content (AvgIpc) is 3.49. The van der Waals surface area contributed by atoms with Gasteiger partial charge in [-0.1, -0.05) is 272 Å². The van der Waals surface area contributed by atoms with Crippen molar-refractivity contribution < 1.29 is 28.6 Å². The maximum Gasteiger partial charge on any atom is 0.306 e. The van der Waals surface area contributed by atoms with Crippen LogP contribution in [0.15, 0.2) is 219 Å². The van der Waals surface area contributed by atoms with Crippen molar-refractivity contribution in [1.29, 1.82) is 0 Å². The fraction of sp³-hybridized carbons (Fsp3) is 0.494. The molecule has 458 valence electrons. The Kier molecular flexibility index (Phi) is 63.1. The topological polar surface area (TPSA) is 78.9 Å². The van der Waals surface area contributed by atoms with Crippen LogP contribution in [-0.2, 0) is 28.6 Å². The highest BCUT2D eigenvalue weighted by molar-refractivity contribution is 5.71. The maximum absolute atomic E-state index is 12.9. The Hall–Kier alpha value is -6.27. The van der Waals surface area contributed by atoms with Crippen LogP contribution in [-0.4, -0.2) is 37.2 Å². The van der Waals surface area contributed by atoms with Gasteiger partial charge in [-0.05, 0) is 154 Å². The molecule has 0 radical (unpaired) electrons. The lowest BCUT2D eigenvalue weighted by Crippen LogP contribution is -2.30. The molecule has 1 unspecified atom stereocenters. The van der Waals surface area contributed by atoms with Gasteiger partial charge in [0.15, 0.2) is 6.10 Å². The first-order valence-electron chi connectivity index (χ1n) is 32.2. The summed E-state index contributed by atoms with van der Waals surface area (Å²) in [4.78, 5) is 38.3. The maximum atomic E-state index is 12.9. The van der Waals surface area contributed by atoms with Gasteiger partial charge in [-0.25, -0.2) is 0 Å². The molecule has 0 saturated carbocycles.